The molecule has 112 valence electrons. The highest BCUT2D eigenvalue weighted by atomic mass is 35.7. The van der Waals surface area contributed by atoms with Gasteiger partial charge in [-0.1, -0.05) is 18.5 Å². The van der Waals surface area contributed by atoms with E-state index in [4.69, 9.17) is 22.3 Å². The standard InChI is InChI=1S/C13H17Cl2NO3S/c1-5-8(2)16(4)13(17)11-6-10(14)7-12(9(11)3)20(15,18)19/h6-8H,5H2,1-4H3. The molecule has 4 nitrogen and oxygen atoms in total. The zero-order chi connectivity index (χ0) is 15.7. The lowest BCUT2D eigenvalue weighted by molar-refractivity contribution is 0.0739. The van der Waals surface area contributed by atoms with Gasteiger partial charge in [0.05, 0.1) is 4.90 Å². The van der Waals surface area contributed by atoms with Crippen LogP contribution in [0.1, 0.15) is 36.2 Å². The van der Waals surface area contributed by atoms with Gasteiger partial charge in [-0.3, -0.25) is 4.79 Å². The smallest absolute Gasteiger partial charge is 0.261 e. The van der Waals surface area contributed by atoms with Crippen LogP contribution in [0.4, 0.5) is 0 Å². The number of rotatable bonds is 4. The van der Waals surface area contributed by atoms with Crippen LogP contribution in [0.3, 0.4) is 0 Å². The van der Waals surface area contributed by atoms with Crippen LogP contribution in [0, 0.1) is 6.92 Å². The van der Waals surface area contributed by atoms with E-state index in [9.17, 15) is 13.2 Å². The Hall–Kier alpha value is -0.780. The molecular weight excluding hydrogens is 321 g/mol. The summed E-state index contributed by atoms with van der Waals surface area (Å²) in [5, 5.41) is 0.163. The lowest BCUT2D eigenvalue weighted by Gasteiger charge is -2.25. The van der Waals surface area contributed by atoms with E-state index in [0.29, 0.717) is 5.56 Å². The van der Waals surface area contributed by atoms with E-state index in [1.165, 1.54) is 12.1 Å². The summed E-state index contributed by atoms with van der Waals surface area (Å²) in [6.07, 6.45) is 0.794. The van der Waals surface area contributed by atoms with Crippen molar-refractivity contribution in [3.8, 4) is 0 Å². The lowest BCUT2D eigenvalue weighted by Crippen LogP contribution is -2.35. The van der Waals surface area contributed by atoms with Gasteiger partial charge in [0.1, 0.15) is 0 Å². The third kappa shape index (κ3) is 3.65. The number of hydrogen-bond acceptors (Lipinski definition) is 3. The van der Waals surface area contributed by atoms with Crippen molar-refractivity contribution < 1.29 is 13.2 Å². The van der Waals surface area contributed by atoms with Crippen molar-refractivity contribution in [1.29, 1.82) is 0 Å². The summed E-state index contributed by atoms with van der Waals surface area (Å²) in [4.78, 5) is 13.9. The average Bonchev–Trinajstić information content (AvgIpc) is 2.37. The van der Waals surface area contributed by atoms with Crippen molar-refractivity contribution in [2.75, 3.05) is 7.05 Å². The third-order valence-corrected chi connectivity index (χ3v) is 5.06. The molecule has 0 heterocycles. The fourth-order valence-electron chi connectivity index (χ4n) is 1.79. The Morgan fingerprint density at radius 3 is 2.40 bits per heavy atom. The van der Waals surface area contributed by atoms with Gasteiger partial charge in [0, 0.05) is 34.4 Å². The number of amides is 1. The number of carbonyl (C=O) groups is 1. The van der Waals surface area contributed by atoms with E-state index in [1.807, 2.05) is 13.8 Å². The van der Waals surface area contributed by atoms with E-state index < -0.39 is 9.05 Å². The summed E-state index contributed by atoms with van der Waals surface area (Å²) >= 11 is 5.90. The summed E-state index contributed by atoms with van der Waals surface area (Å²) in [6.45, 7) is 5.42. The predicted octanol–water partition coefficient (Wildman–Crippen LogP) is 3.45. The molecule has 0 aliphatic heterocycles. The Kier molecular flexibility index (Phi) is 5.46. The minimum absolute atomic E-state index is 0.0388. The van der Waals surface area contributed by atoms with E-state index in [0.717, 1.165) is 6.42 Å². The van der Waals surface area contributed by atoms with Crippen LogP contribution >= 0.6 is 22.3 Å². The monoisotopic (exact) mass is 337 g/mol. The summed E-state index contributed by atoms with van der Waals surface area (Å²) in [7, 11) is 3.10. The van der Waals surface area contributed by atoms with E-state index >= 15 is 0 Å². The van der Waals surface area contributed by atoms with Gasteiger partial charge in [0.15, 0.2) is 0 Å². The molecule has 0 saturated carbocycles. The third-order valence-electron chi connectivity index (χ3n) is 3.39. The fourth-order valence-corrected chi connectivity index (χ4v) is 3.30. The first-order valence-electron chi connectivity index (χ1n) is 6.11. The molecule has 1 aromatic carbocycles. The maximum atomic E-state index is 12.4. The van der Waals surface area contributed by atoms with Crippen LogP contribution in [0.25, 0.3) is 0 Å². The normalized spacial score (nSPS) is 13.1. The largest absolute Gasteiger partial charge is 0.339 e. The molecule has 0 aliphatic carbocycles. The molecular formula is C13H17Cl2NO3S. The van der Waals surface area contributed by atoms with Crippen LogP contribution in [-0.4, -0.2) is 32.3 Å². The second-order valence-electron chi connectivity index (χ2n) is 4.69. The van der Waals surface area contributed by atoms with Crippen molar-refractivity contribution in [1.82, 2.24) is 4.90 Å². The molecule has 20 heavy (non-hydrogen) atoms. The quantitative estimate of drug-likeness (QED) is 0.790. The molecule has 1 unspecified atom stereocenters. The number of hydrogen-bond donors (Lipinski definition) is 0. The Labute approximate surface area is 129 Å². The van der Waals surface area contributed by atoms with Crippen LogP contribution in [0.15, 0.2) is 17.0 Å². The molecule has 0 N–H and O–H groups in total. The van der Waals surface area contributed by atoms with Gasteiger partial charge in [-0.2, -0.15) is 0 Å². The van der Waals surface area contributed by atoms with Gasteiger partial charge in [0.25, 0.3) is 15.0 Å². The van der Waals surface area contributed by atoms with Crippen LogP contribution in [0.5, 0.6) is 0 Å². The maximum absolute atomic E-state index is 12.4. The Bertz CT molecular complexity index is 629. The van der Waals surface area contributed by atoms with Gasteiger partial charge >= 0.3 is 0 Å². The summed E-state index contributed by atoms with van der Waals surface area (Å²) in [5.41, 5.74) is 0.559. The first kappa shape index (κ1) is 17.3. The molecule has 0 saturated heterocycles. The molecule has 0 fully saturated rings. The zero-order valence-electron chi connectivity index (χ0n) is 11.8. The Morgan fingerprint density at radius 2 is 1.95 bits per heavy atom. The van der Waals surface area contributed by atoms with E-state index in [-0.39, 0.29) is 27.4 Å². The molecule has 1 amide bonds. The van der Waals surface area contributed by atoms with E-state index in [2.05, 4.69) is 0 Å². The van der Waals surface area contributed by atoms with Gasteiger partial charge in [0.2, 0.25) is 0 Å². The van der Waals surface area contributed by atoms with Crippen molar-refractivity contribution in [2.24, 2.45) is 0 Å². The molecule has 0 bridgehead atoms. The Balaban J connectivity index is 3.40. The maximum Gasteiger partial charge on any atom is 0.261 e. The van der Waals surface area contributed by atoms with Crippen LogP contribution < -0.4 is 0 Å². The highest BCUT2D eigenvalue weighted by Gasteiger charge is 2.23. The first-order chi connectivity index (χ1) is 9.09. The topological polar surface area (TPSA) is 54.5 Å². The fraction of sp³-hybridized carbons (Fsp3) is 0.462. The minimum Gasteiger partial charge on any atom is -0.339 e. The van der Waals surface area contributed by atoms with Gasteiger partial charge in [-0.15, -0.1) is 0 Å². The second kappa shape index (κ2) is 6.33. The lowest BCUT2D eigenvalue weighted by atomic mass is 10.1. The molecule has 0 spiro atoms. The molecule has 0 aliphatic rings. The number of carbonyl (C=O) groups excluding carboxylic acids is 1. The molecule has 7 heteroatoms. The summed E-state index contributed by atoms with van der Waals surface area (Å²) in [5.74, 6) is -0.277. The minimum atomic E-state index is -3.95. The van der Waals surface area contributed by atoms with Gasteiger partial charge < -0.3 is 4.90 Å². The van der Waals surface area contributed by atoms with Crippen molar-refractivity contribution in [3.05, 3.63) is 28.3 Å². The highest BCUT2D eigenvalue weighted by Crippen LogP contribution is 2.28. The number of nitrogens with zero attached hydrogens (tertiary/aromatic N) is 1. The Morgan fingerprint density at radius 1 is 1.40 bits per heavy atom. The van der Waals surface area contributed by atoms with Crippen LogP contribution in [0.2, 0.25) is 5.02 Å². The predicted molar refractivity (Wildman–Crippen MR) is 81.1 cm³/mol. The molecule has 1 atom stereocenters. The summed E-state index contributed by atoms with van der Waals surface area (Å²) in [6, 6.07) is 2.75. The van der Waals surface area contributed by atoms with Crippen molar-refractivity contribution in [3.63, 3.8) is 0 Å². The molecule has 1 rings (SSSR count). The summed E-state index contributed by atoms with van der Waals surface area (Å²) < 4.78 is 23.0. The number of halogens is 2. The van der Waals surface area contributed by atoms with Crippen LogP contribution in [-0.2, 0) is 9.05 Å². The van der Waals surface area contributed by atoms with Crippen molar-refractivity contribution >= 4 is 37.2 Å². The molecule has 0 aromatic heterocycles. The first-order valence-corrected chi connectivity index (χ1v) is 8.80. The van der Waals surface area contributed by atoms with Crippen molar-refractivity contribution in [2.45, 2.75) is 38.1 Å². The zero-order valence-corrected chi connectivity index (χ0v) is 14.1. The SMILES string of the molecule is CCC(C)N(C)C(=O)c1cc(Cl)cc(S(=O)(=O)Cl)c1C. The second-order valence-corrected chi connectivity index (χ2v) is 7.66. The number of benzene rings is 1. The average molecular weight is 338 g/mol. The molecule has 0 radical (unpaired) electrons. The highest BCUT2D eigenvalue weighted by molar-refractivity contribution is 8.13. The van der Waals surface area contributed by atoms with E-state index in [1.54, 1.807) is 18.9 Å². The van der Waals surface area contributed by atoms with Gasteiger partial charge in [-0.25, -0.2) is 8.42 Å². The molecule has 1 aromatic rings. The van der Waals surface area contributed by atoms with Gasteiger partial charge in [-0.05, 0) is 38.0 Å².